The first-order valence-electron chi connectivity index (χ1n) is 6.05. The maximum absolute atomic E-state index is 13.1. The van der Waals surface area contributed by atoms with Crippen LogP contribution in [0.25, 0.3) is 0 Å². The quantitative estimate of drug-likeness (QED) is 0.546. The van der Waals surface area contributed by atoms with Gasteiger partial charge in [0.25, 0.3) is 0 Å². The number of benzene rings is 1. The van der Waals surface area contributed by atoms with Crippen LogP contribution in [-0.4, -0.2) is 30.0 Å². The lowest BCUT2D eigenvalue weighted by molar-refractivity contribution is -0.385. The molecule has 0 saturated carbocycles. The number of nitro groups is 1. The van der Waals surface area contributed by atoms with Crippen LogP contribution in [0.3, 0.4) is 0 Å². The molecule has 1 amide bonds. The minimum Gasteiger partial charge on any atom is -0.485 e. The second kappa shape index (κ2) is 7.39. The van der Waals surface area contributed by atoms with E-state index in [1.54, 1.807) is 0 Å². The average molecular weight is 285 g/mol. The van der Waals surface area contributed by atoms with Crippen LogP contribution in [-0.2, 0) is 4.79 Å². The molecule has 0 fully saturated rings. The molecule has 8 heteroatoms. The lowest BCUT2D eigenvalue weighted by atomic mass is 10.2. The molecule has 0 radical (unpaired) electrons. The van der Waals surface area contributed by atoms with Crippen LogP contribution in [0.15, 0.2) is 18.2 Å². The second-order valence-electron chi connectivity index (χ2n) is 4.09. The molecule has 0 saturated heterocycles. The van der Waals surface area contributed by atoms with Crippen molar-refractivity contribution in [2.45, 2.75) is 19.4 Å². The molecule has 0 bridgehead atoms. The van der Waals surface area contributed by atoms with Crippen LogP contribution in [0.5, 0.6) is 5.75 Å². The summed E-state index contributed by atoms with van der Waals surface area (Å²) in [5, 5.41) is 13.6. The maximum Gasteiger partial charge on any atom is 0.311 e. The van der Waals surface area contributed by atoms with E-state index in [-0.39, 0.29) is 18.0 Å². The molecule has 0 aliphatic heterocycles. The molecule has 7 nitrogen and oxygen atoms in total. The summed E-state index contributed by atoms with van der Waals surface area (Å²) in [5.74, 6) is -1.54. The van der Waals surface area contributed by atoms with Crippen molar-refractivity contribution < 1.29 is 18.8 Å². The van der Waals surface area contributed by atoms with E-state index in [1.165, 1.54) is 0 Å². The highest BCUT2D eigenvalue weighted by Gasteiger charge is 2.20. The predicted octanol–water partition coefficient (Wildman–Crippen LogP) is 0.966. The zero-order valence-corrected chi connectivity index (χ0v) is 11.0. The van der Waals surface area contributed by atoms with Gasteiger partial charge in [0.2, 0.25) is 5.91 Å². The third-order valence-corrected chi connectivity index (χ3v) is 2.51. The number of halogens is 1. The second-order valence-corrected chi connectivity index (χ2v) is 4.09. The number of primary amides is 1. The van der Waals surface area contributed by atoms with Crippen LogP contribution in [0.2, 0.25) is 0 Å². The first-order chi connectivity index (χ1) is 9.45. The van der Waals surface area contributed by atoms with Gasteiger partial charge in [-0.1, -0.05) is 6.92 Å². The van der Waals surface area contributed by atoms with E-state index in [9.17, 15) is 19.3 Å². The lowest BCUT2D eigenvalue weighted by Gasteiger charge is -2.15. The van der Waals surface area contributed by atoms with Gasteiger partial charge in [0.15, 0.2) is 5.75 Å². The van der Waals surface area contributed by atoms with Crippen LogP contribution >= 0.6 is 0 Å². The van der Waals surface area contributed by atoms with Crippen molar-refractivity contribution in [1.29, 1.82) is 0 Å². The van der Waals surface area contributed by atoms with Gasteiger partial charge in [-0.3, -0.25) is 14.9 Å². The standard InChI is InChI=1S/C12H16FN3O4/c1-2-5-15-9(12(14)17)7-20-11-6-8(13)3-4-10(11)16(18)19/h3-4,6,9,15H,2,5,7H2,1H3,(H2,14,17). The number of hydrogen-bond donors (Lipinski definition) is 2. The zero-order chi connectivity index (χ0) is 15.1. The average Bonchev–Trinajstić information content (AvgIpc) is 2.38. The van der Waals surface area contributed by atoms with Crippen LogP contribution in [0, 0.1) is 15.9 Å². The van der Waals surface area contributed by atoms with Crippen molar-refractivity contribution in [3.8, 4) is 5.75 Å². The Morgan fingerprint density at radius 2 is 2.30 bits per heavy atom. The topological polar surface area (TPSA) is 107 Å². The van der Waals surface area contributed by atoms with E-state index in [0.717, 1.165) is 24.6 Å². The number of carbonyl (C=O) groups is 1. The molecule has 1 aromatic rings. The summed E-state index contributed by atoms with van der Waals surface area (Å²) >= 11 is 0. The fraction of sp³-hybridized carbons (Fsp3) is 0.417. The van der Waals surface area contributed by atoms with Crippen molar-refractivity contribution >= 4 is 11.6 Å². The minimum atomic E-state index is -0.794. The molecule has 110 valence electrons. The van der Waals surface area contributed by atoms with Gasteiger partial charge in [-0.25, -0.2) is 4.39 Å². The van der Waals surface area contributed by atoms with Gasteiger partial charge >= 0.3 is 5.69 Å². The molecule has 1 atom stereocenters. The SMILES string of the molecule is CCCNC(COc1cc(F)ccc1[N+](=O)[O-])C(N)=O. The summed E-state index contributed by atoms with van der Waals surface area (Å²) in [5.41, 5.74) is 4.81. The van der Waals surface area contributed by atoms with E-state index in [0.29, 0.717) is 6.54 Å². The summed E-state index contributed by atoms with van der Waals surface area (Å²) in [6.07, 6.45) is 0.782. The molecule has 0 heterocycles. The molecule has 3 N–H and O–H groups in total. The Hall–Kier alpha value is -2.22. The van der Waals surface area contributed by atoms with E-state index in [4.69, 9.17) is 10.5 Å². The van der Waals surface area contributed by atoms with E-state index >= 15 is 0 Å². The summed E-state index contributed by atoms with van der Waals surface area (Å²) in [4.78, 5) is 21.3. The van der Waals surface area contributed by atoms with Crippen molar-refractivity contribution in [3.63, 3.8) is 0 Å². The number of nitrogens with one attached hydrogen (secondary N) is 1. The molecule has 0 aliphatic carbocycles. The van der Waals surface area contributed by atoms with Crippen molar-refractivity contribution in [1.82, 2.24) is 5.32 Å². The fourth-order valence-corrected chi connectivity index (χ4v) is 1.49. The number of nitro benzene ring substituents is 1. The summed E-state index contributed by atoms with van der Waals surface area (Å²) < 4.78 is 18.2. The molecular formula is C12H16FN3O4. The van der Waals surface area contributed by atoms with Gasteiger partial charge < -0.3 is 15.8 Å². The van der Waals surface area contributed by atoms with Gasteiger partial charge in [0.1, 0.15) is 18.5 Å². The lowest BCUT2D eigenvalue weighted by Crippen LogP contribution is -2.45. The largest absolute Gasteiger partial charge is 0.485 e. The third kappa shape index (κ3) is 4.47. The Bertz CT molecular complexity index is 496. The molecule has 0 aliphatic rings. The highest BCUT2D eigenvalue weighted by Crippen LogP contribution is 2.27. The van der Waals surface area contributed by atoms with Gasteiger partial charge in [-0.15, -0.1) is 0 Å². The summed E-state index contributed by atoms with van der Waals surface area (Å²) in [6, 6.07) is 2.07. The Balaban J connectivity index is 2.79. The highest BCUT2D eigenvalue weighted by molar-refractivity contribution is 5.80. The summed E-state index contributed by atoms with van der Waals surface area (Å²) in [7, 11) is 0. The number of nitrogens with zero attached hydrogens (tertiary/aromatic N) is 1. The normalized spacial score (nSPS) is 11.9. The molecular weight excluding hydrogens is 269 g/mol. The molecule has 0 aromatic heterocycles. The first-order valence-corrected chi connectivity index (χ1v) is 6.05. The van der Waals surface area contributed by atoms with Crippen LogP contribution < -0.4 is 15.8 Å². The smallest absolute Gasteiger partial charge is 0.311 e. The Morgan fingerprint density at radius 1 is 1.60 bits per heavy atom. The number of rotatable bonds is 8. The molecule has 1 unspecified atom stereocenters. The van der Waals surface area contributed by atoms with Gasteiger partial charge in [0.05, 0.1) is 4.92 Å². The fourth-order valence-electron chi connectivity index (χ4n) is 1.49. The number of hydrogen-bond acceptors (Lipinski definition) is 5. The van der Waals surface area contributed by atoms with E-state index in [2.05, 4.69) is 5.32 Å². The number of carbonyl (C=O) groups excluding carboxylic acids is 1. The number of nitrogens with two attached hydrogens (primary N) is 1. The van der Waals surface area contributed by atoms with Gasteiger partial charge in [-0.05, 0) is 19.0 Å². The van der Waals surface area contributed by atoms with Gasteiger partial charge in [0, 0.05) is 12.1 Å². The minimum absolute atomic E-state index is 0.209. The summed E-state index contributed by atoms with van der Waals surface area (Å²) in [6.45, 7) is 2.24. The Kier molecular flexibility index (Phi) is 5.85. The van der Waals surface area contributed by atoms with Crippen LogP contribution in [0.1, 0.15) is 13.3 Å². The highest BCUT2D eigenvalue weighted by atomic mass is 19.1. The Morgan fingerprint density at radius 3 is 2.85 bits per heavy atom. The number of ether oxygens (including phenoxy) is 1. The maximum atomic E-state index is 13.1. The first kappa shape index (κ1) is 15.8. The van der Waals surface area contributed by atoms with Crippen LogP contribution in [0.4, 0.5) is 10.1 Å². The van der Waals surface area contributed by atoms with E-state index < -0.39 is 22.7 Å². The molecule has 0 spiro atoms. The molecule has 20 heavy (non-hydrogen) atoms. The van der Waals surface area contributed by atoms with E-state index in [1.807, 2.05) is 6.92 Å². The van der Waals surface area contributed by atoms with Crippen molar-refractivity contribution in [3.05, 3.63) is 34.1 Å². The zero-order valence-electron chi connectivity index (χ0n) is 11.0. The molecule has 1 aromatic carbocycles. The van der Waals surface area contributed by atoms with Crippen molar-refractivity contribution in [2.24, 2.45) is 5.73 Å². The number of amides is 1. The van der Waals surface area contributed by atoms with Crippen molar-refractivity contribution in [2.75, 3.05) is 13.2 Å². The molecule has 1 rings (SSSR count). The third-order valence-electron chi connectivity index (χ3n) is 2.51. The Labute approximate surface area is 115 Å². The van der Waals surface area contributed by atoms with Gasteiger partial charge in [-0.2, -0.15) is 0 Å². The predicted molar refractivity (Wildman–Crippen MR) is 69.8 cm³/mol. The monoisotopic (exact) mass is 285 g/mol.